The molecular formula is C42H61N3O5. The van der Waals surface area contributed by atoms with E-state index in [1.54, 1.807) is 60.9 Å². The Morgan fingerprint density at radius 3 is 1.50 bits per heavy atom. The SMILES string of the molecule is CCCCC(CC)COc1cc(C(=O)Oc2ccc(N=Nc3ccncc3)cc2)cc(OCC(CC)CCCC)c1OCC(CC)CCCC. The van der Waals surface area contributed by atoms with Crippen molar-refractivity contribution in [2.24, 2.45) is 28.0 Å². The van der Waals surface area contributed by atoms with Gasteiger partial charge in [-0.2, -0.15) is 10.2 Å². The van der Waals surface area contributed by atoms with Gasteiger partial charge in [-0.15, -0.1) is 0 Å². The van der Waals surface area contributed by atoms with E-state index >= 15 is 0 Å². The third-order valence-electron chi connectivity index (χ3n) is 9.29. The molecule has 3 atom stereocenters. The van der Waals surface area contributed by atoms with Crippen LogP contribution in [0.2, 0.25) is 0 Å². The van der Waals surface area contributed by atoms with Gasteiger partial charge in [0.2, 0.25) is 5.75 Å². The number of rotatable bonds is 25. The molecule has 0 aliphatic rings. The van der Waals surface area contributed by atoms with Gasteiger partial charge in [0.05, 0.1) is 36.8 Å². The highest BCUT2D eigenvalue weighted by atomic mass is 16.5. The van der Waals surface area contributed by atoms with Crippen LogP contribution in [0.5, 0.6) is 23.0 Å². The van der Waals surface area contributed by atoms with Gasteiger partial charge in [-0.1, -0.05) is 99.3 Å². The van der Waals surface area contributed by atoms with E-state index in [0.717, 1.165) is 70.6 Å². The topological polar surface area (TPSA) is 91.6 Å². The monoisotopic (exact) mass is 687 g/mol. The first-order chi connectivity index (χ1) is 24.4. The van der Waals surface area contributed by atoms with E-state index in [-0.39, 0.29) is 0 Å². The fourth-order valence-corrected chi connectivity index (χ4v) is 5.63. The molecule has 0 aliphatic carbocycles. The van der Waals surface area contributed by atoms with Crippen molar-refractivity contribution in [3.8, 4) is 23.0 Å². The molecule has 1 aromatic heterocycles. The molecule has 0 N–H and O–H groups in total. The lowest BCUT2D eigenvalue weighted by atomic mass is 10.00. The summed E-state index contributed by atoms with van der Waals surface area (Å²) in [5.74, 6) is 2.78. The van der Waals surface area contributed by atoms with Crippen LogP contribution < -0.4 is 18.9 Å². The molecule has 0 amide bonds. The Labute approximate surface area is 301 Å². The maximum Gasteiger partial charge on any atom is 0.343 e. The lowest BCUT2D eigenvalue weighted by Crippen LogP contribution is -2.17. The van der Waals surface area contributed by atoms with Crippen LogP contribution in [0, 0.1) is 17.8 Å². The van der Waals surface area contributed by atoms with Gasteiger partial charge in [0.25, 0.3) is 0 Å². The largest absolute Gasteiger partial charge is 0.489 e. The molecule has 0 spiro atoms. The summed E-state index contributed by atoms with van der Waals surface area (Å²) in [6, 6.07) is 14.0. The zero-order valence-electron chi connectivity index (χ0n) is 31.5. The van der Waals surface area contributed by atoms with Crippen LogP contribution in [0.4, 0.5) is 11.4 Å². The zero-order valence-corrected chi connectivity index (χ0v) is 31.5. The predicted octanol–water partition coefficient (Wildman–Crippen LogP) is 12.5. The van der Waals surface area contributed by atoms with Gasteiger partial charge in [-0.05, 0) is 85.5 Å². The van der Waals surface area contributed by atoms with Crippen molar-refractivity contribution in [3.05, 3.63) is 66.5 Å². The average molecular weight is 688 g/mol. The molecule has 0 saturated heterocycles. The Hall–Kier alpha value is -3.94. The Balaban J connectivity index is 1.93. The van der Waals surface area contributed by atoms with E-state index in [1.807, 2.05) is 0 Å². The number of benzene rings is 2. The number of hydrogen-bond donors (Lipinski definition) is 0. The smallest absolute Gasteiger partial charge is 0.343 e. The second kappa shape index (κ2) is 23.5. The molecule has 8 nitrogen and oxygen atoms in total. The number of aromatic nitrogens is 1. The van der Waals surface area contributed by atoms with Crippen molar-refractivity contribution in [3.63, 3.8) is 0 Å². The third-order valence-corrected chi connectivity index (χ3v) is 9.29. The van der Waals surface area contributed by atoms with E-state index in [0.29, 0.717) is 77.5 Å². The van der Waals surface area contributed by atoms with Crippen molar-refractivity contribution >= 4 is 17.3 Å². The van der Waals surface area contributed by atoms with E-state index in [9.17, 15) is 4.79 Å². The first-order valence-corrected chi connectivity index (χ1v) is 19.1. The Morgan fingerprint density at radius 2 is 1.06 bits per heavy atom. The molecule has 0 aliphatic heterocycles. The van der Waals surface area contributed by atoms with Crippen molar-refractivity contribution < 1.29 is 23.7 Å². The molecule has 8 heteroatoms. The highest BCUT2D eigenvalue weighted by Gasteiger charge is 2.23. The molecule has 3 unspecified atom stereocenters. The molecule has 0 fully saturated rings. The van der Waals surface area contributed by atoms with Crippen molar-refractivity contribution in [2.75, 3.05) is 19.8 Å². The summed E-state index contributed by atoms with van der Waals surface area (Å²) in [7, 11) is 0. The Kier molecular flexibility index (Phi) is 19.0. The van der Waals surface area contributed by atoms with Gasteiger partial charge >= 0.3 is 5.97 Å². The highest BCUT2D eigenvalue weighted by Crippen LogP contribution is 2.41. The number of carbonyl (C=O) groups excluding carboxylic acids is 1. The number of carbonyl (C=O) groups is 1. The van der Waals surface area contributed by atoms with E-state index in [1.165, 1.54) is 6.42 Å². The minimum absolute atomic E-state index is 0.352. The molecule has 1 heterocycles. The minimum atomic E-state index is -0.497. The van der Waals surface area contributed by atoms with Crippen molar-refractivity contribution in [1.29, 1.82) is 0 Å². The van der Waals surface area contributed by atoms with Crippen molar-refractivity contribution in [1.82, 2.24) is 4.98 Å². The summed E-state index contributed by atoms with van der Waals surface area (Å²) in [6.07, 6.45) is 16.6. The molecule has 2 aromatic carbocycles. The number of azo groups is 1. The lowest BCUT2D eigenvalue weighted by Gasteiger charge is -2.23. The van der Waals surface area contributed by atoms with Crippen LogP contribution in [0.15, 0.2) is 71.2 Å². The van der Waals surface area contributed by atoms with Crippen molar-refractivity contribution in [2.45, 2.75) is 119 Å². The number of unbranched alkanes of at least 4 members (excludes halogenated alkanes) is 3. The lowest BCUT2D eigenvalue weighted by molar-refractivity contribution is 0.0733. The molecule has 50 heavy (non-hydrogen) atoms. The van der Waals surface area contributed by atoms with Crippen LogP contribution in [0.1, 0.15) is 129 Å². The number of hydrogen-bond acceptors (Lipinski definition) is 8. The molecule has 0 saturated carbocycles. The van der Waals surface area contributed by atoms with Gasteiger partial charge in [0.1, 0.15) is 5.75 Å². The summed E-state index contributed by atoms with van der Waals surface area (Å²) < 4.78 is 25.6. The number of nitrogens with zero attached hydrogens (tertiary/aromatic N) is 3. The fraction of sp³-hybridized carbons (Fsp3) is 0.571. The second-order valence-corrected chi connectivity index (χ2v) is 13.3. The van der Waals surface area contributed by atoms with Crippen LogP contribution in [0.25, 0.3) is 0 Å². The second-order valence-electron chi connectivity index (χ2n) is 13.3. The van der Waals surface area contributed by atoms with Crippen LogP contribution in [0.3, 0.4) is 0 Å². The zero-order chi connectivity index (χ0) is 36.0. The predicted molar refractivity (Wildman–Crippen MR) is 203 cm³/mol. The standard InChI is InChI=1S/C42H61N3O5/c1-7-13-16-32(10-4)29-47-39-27-35(42(46)50-38-21-19-36(20-22-38)44-45-37-23-25-43-26-24-37)28-40(48-30-33(11-5)17-14-8-2)41(39)49-31-34(12-6)18-15-9-3/h19-28,32-34H,7-18,29-31H2,1-6H3. The minimum Gasteiger partial charge on any atom is -0.489 e. The summed E-state index contributed by atoms with van der Waals surface area (Å²) >= 11 is 0. The first kappa shape index (κ1) is 40.5. The maximum absolute atomic E-state index is 13.7. The van der Waals surface area contributed by atoms with Crippen LogP contribution >= 0.6 is 0 Å². The quantitative estimate of drug-likeness (QED) is 0.0500. The molecule has 0 bridgehead atoms. The number of pyridine rings is 1. The van der Waals surface area contributed by atoms with Gasteiger partial charge < -0.3 is 18.9 Å². The summed E-state index contributed by atoms with van der Waals surface area (Å²) in [5.41, 5.74) is 1.70. The first-order valence-electron chi connectivity index (χ1n) is 19.1. The normalized spacial score (nSPS) is 13.2. The van der Waals surface area contributed by atoms with Gasteiger partial charge in [0, 0.05) is 12.4 Å². The molecule has 3 aromatic rings. The van der Waals surface area contributed by atoms with Gasteiger partial charge in [-0.3, -0.25) is 4.98 Å². The molecular weight excluding hydrogens is 626 g/mol. The molecule has 3 rings (SSSR count). The number of esters is 1. The summed E-state index contributed by atoms with van der Waals surface area (Å²) in [5, 5.41) is 8.50. The molecule has 0 radical (unpaired) electrons. The Bertz CT molecular complexity index is 1360. The fourth-order valence-electron chi connectivity index (χ4n) is 5.63. The Morgan fingerprint density at radius 1 is 0.620 bits per heavy atom. The average Bonchev–Trinajstić information content (AvgIpc) is 3.15. The van der Waals surface area contributed by atoms with Crippen LogP contribution in [-0.4, -0.2) is 30.8 Å². The van der Waals surface area contributed by atoms with E-state index in [4.69, 9.17) is 18.9 Å². The van der Waals surface area contributed by atoms with E-state index in [2.05, 4.69) is 56.8 Å². The molecule has 274 valence electrons. The highest BCUT2D eigenvalue weighted by molar-refractivity contribution is 5.92. The summed E-state index contributed by atoms with van der Waals surface area (Å²) in [6.45, 7) is 14.9. The van der Waals surface area contributed by atoms with Gasteiger partial charge in [0.15, 0.2) is 11.5 Å². The van der Waals surface area contributed by atoms with Crippen LogP contribution in [-0.2, 0) is 0 Å². The maximum atomic E-state index is 13.7. The summed E-state index contributed by atoms with van der Waals surface area (Å²) in [4.78, 5) is 17.7. The van der Waals surface area contributed by atoms with Gasteiger partial charge in [-0.25, -0.2) is 4.79 Å². The third kappa shape index (κ3) is 14.1. The number of ether oxygens (including phenoxy) is 4. The van der Waals surface area contributed by atoms with E-state index < -0.39 is 5.97 Å².